The molecule has 3 fully saturated rings. The van der Waals surface area contributed by atoms with E-state index in [1.54, 1.807) is 4.31 Å². The van der Waals surface area contributed by atoms with Crippen LogP contribution in [0.5, 0.6) is 0 Å². The SMILES string of the molecule is O=S(=O)(c1ccc2c(c1)CCC2)N1CCC2(CCC2N2CCOCC2)CC1. The number of aryl methyl sites for hydroxylation is 2. The maximum absolute atomic E-state index is 13.2. The number of ether oxygens (including phenoxy) is 1. The molecule has 0 amide bonds. The molecule has 4 aliphatic rings. The second kappa shape index (κ2) is 6.83. The molecule has 1 aromatic rings. The number of rotatable bonds is 3. The van der Waals surface area contributed by atoms with Gasteiger partial charge in [0.2, 0.25) is 10.0 Å². The second-order valence-electron chi connectivity index (χ2n) is 8.75. The summed E-state index contributed by atoms with van der Waals surface area (Å²) in [5.74, 6) is 0. The van der Waals surface area contributed by atoms with E-state index < -0.39 is 10.0 Å². The van der Waals surface area contributed by atoms with Crippen molar-refractivity contribution >= 4 is 10.0 Å². The van der Waals surface area contributed by atoms with Crippen molar-refractivity contribution in [2.24, 2.45) is 5.41 Å². The van der Waals surface area contributed by atoms with Crippen LogP contribution in [0.3, 0.4) is 0 Å². The van der Waals surface area contributed by atoms with Crippen LogP contribution in [0.2, 0.25) is 0 Å². The summed E-state index contributed by atoms with van der Waals surface area (Å²) in [4.78, 5) is 3.09. The zero-order valence-electron chi connectivity index (χ0n) is 16.0. The van der Waals surface area contributed by atoms with Gasteiger partial charge in [0.25, 0.3) is 0 Å². The molecule has 0 radical (unpaired) electrons. The van der Waals surface area contributed by atoms with Crippen molar-refractivity contribution in [1.29, 1.82) is 0 Å². The van der Waals surface area contributed by atoms with E-state index in [2.05, 4.69) is 4.90 Å². The van der Waals surface area contributed by atoms with E-state index in [1.807, 2.05) is 18.2 Å². The highest BCUT2D eigenvalue weighted by Crippen LogP contribution is 2.52. The smallest absolute Gasteiger partial charge is 0.243 e. The summed E-state index contributed by atoms with van der Waals surface area (Å²) in [6.07, 6.45) is 7.76. The van der Waals surface area contributed by atoms with Crippen LogP contribution in [0.4, 0.5) is 0 Å². The molecule has 2 saturated heterocycles. The third-order valence-electron chi connectivity index (χ3n) is 7.53. The van der Waals surface area contributed by atoms with Gasteiger partial charge in [-0.3, -0.25) is 4.90 Å². The molecule has 5 rings (SSSR count). The standard InChI is InChI=1S/C21H30N2O3S/c24-27(25,19-5-4-17-2-1-3-18(17)16-19)23-10-8-21(9-11-23)7-6-20(21)22-12-14-26-15-13-22/h4-5,16,20H,1-3,6-15H2. The first-order chi connectivity index (χ1) is 13.1. The molecular weight excluding hydrogens is 360 g/mol. The van der Waals surface area contributed by atoms with Crippen molar-refractivity contribution < 1.29 is 13.2 Å². The Bertz CT molecular complexity index is 809. The zero-order chi connectivity index (χ0) is 18.5. The summed E-state index contributed by atoms with van der Waals surface area (Å²) in [7, 11) is -3.36. The molecule has 0 bridgehead atoms. The van der Waals surface area contributed by atoms with Gasteiger partial charge >= 0.3 is 0 Å². The van der Waals surface area contributed by atoms with E-state index in [0.29, 0.717) is 29.4 Å². The molecule has 0 N–H and O–H groups in total. The predicted molar refractivity (Wildman–Crippen MR) is 104 cm³/mol. The van der Waals surface area contributed by atoms with Crippen molar-refractivity contribution in [3.8, 4) is 0 Å². The number of nitrogens with zero attached hydrogens (tertiary/aromatic N) is 2. The lowest BCUT2D eigenvalue weighted by molar-refractivity contribution is -0.0906. The average molecular weight is 391 g/mol. The molecule has 1 spiro atoms. The van der Waals surface area contributed by atoms with Gasteiger partial charge in [-0.05, 0) is 73.6 Å². The topological polar surface area (TPSA) is 49.9 Å². The minimum atomic E-state index is -3.36. The summed E-state index contributed by atoms with van der Waals surface area (Å²) >= 11 is 0. The van der Waals surface area contributed by atoms with Crippen molar-refractivity contribution in [3.05, 3.63) is 29.3 Å². The Morgan fingerprint density at radius 1 is 0.963 bits per heavy atom. The first-order valence-electron chi connectivity index (χ1n) is 10.5. The van der Waals surface area contributed by atoms with Crippen LogP contribution in [-0.2, 0) is 27.6 Å². The fraction of sp³-hybridized carbons (Fsp3) is 0.714. The molecule has 0 aromatic heterocycles. The van der Waals surface area contributed by atoms with Crippen LogP contribution >= 0.6 is 0 Å². The number of fused-ring (bicyclic) bond motifs is 1. The third kappa shape index (κ3) is 3.05. The first-order valence-corrected chi connectivity index (χ1v) is 12.0. The minimum Gasteiger partial charge on any atom is -0.379 e. The van der Waals surface area contributed by atoms with E-state index in [-0.39, 0.29) is 0 Å². The molecular formula is C21H30N2O3S. The summed E-state index contributed by atoms with van der Waals surface area (Å²) in [5.41, 5.74) is 2.90. The van der Waals surface area contributed by atoms with Gasteiger partial charge in [0, 0.05) is 32.2 Å². The zero-order valence-corrected chi connectivity index (χ0v) is 16.8. The molecule has 1 unspecified atom stereocenters. The van der Waals surface area contributed by atoms with E-state index in [4.69, 9.17) is 4.74 Å². The quantitative estimate of drug-likeness (QED) is 0.795. The van der Waals surface area contributed by atoms with Crippen molar-refractivity contribution in [1.82, 2.24) is 9.21 Å². The Morgan fingerprint density at radius 3 is 2.41 bits per heavy atom. The average Bonchev–Trinajstić information content (AvgIpc) is 3.16. The highest BCUT2D eigenvalue weighted by molar-refractivity contribution is 7.89. The molecule has 1 saturated carbocycles. The Hall–Kier alpha value is -0.950. The monoisotopic (exact) mass is 390 g/mol. The summed E-state index contributed by atoms with van der Waals surface area (Å²) in [6.45, 7) is 5.07. The Balaban J connectivity index is 1.28. The molecule has 148 valence electrons. The number of hydrogen-bond donors (Lipinski definition) is 0. The van der Waals surface area contributed by atoms with Gasteiger partial charge < -0.3 is 4.74 Å². The Kier molecular flexibility index (Phi) is 4.58. The van der Waals surface area contributed by atoms with Gasteiger partial charge in [-0.15, -0.1) is 0 Å². The molecule has 6 heteroatoms. The summed E-state index contributed by atoms with van der Waals surface area (Å²) in [6, 6.07) is 6.42. The van der Waals surface area contributed by atoms with Gasteiger partial charge in [0.1, 0.15) is 0 Å². The van der Waals surface area contributed by atoms with E-state index in [0.717, 1.165) is 58.4 Å². The van der Waals surface area contributed by atoms with Crippen LogP contribution in [-0.4, -0.2) is 63.1 Å². The molecule has 27 heavy (non-hydrogen) atoms. The van der Waals surface area contributed by atoms with E-state index in [9.17, 15) is 8.42 Å². The lowest BCUT2D eigenvalue weighted by atomic mass is 9.59. The van der Waals surface area contributed by atoms with Gasteiger partial charge in [-0.1, -0.05) is 6.07 Å². The fourth-order valence-corrected chi connectivity index (χ4v) is 7.25. The van der Waals surface area contributed by atoms with E-state index in [1.165, 1.54) is 24.0 Å². The maximum Gasteiger partial charge on any atom is 0.243 e. The Labute approximate surface area is 162 Å². The normalized spacial score (nSPS) is 28.8. The molecule has 1 aromatic carbocycles. The number of sulfonamides is 1. The van der Waals surface area contributed by atoms with Crippen molar-refractivity contribution in [2.75, 3.05) is 39.4 Å². The largest absolute Gasteiger partial charge is 0.379 e. The van der Waals surface area contributed by atoms with Gasteiger partial charge in [-0.2, -0.15) is 4.31 Å². The number of morpholine rings is 1. The summed E-state index contributed by atoms with van der Waals surface area (Å²) < 4.78 is 33.6. The molecule has 5 nitrogen and oxygen atoms in total. The molecule has 2 aliphatic carbocycles. The highest BCUT2D eigenvalue weighted by Gasteiger charge is 2.51. The van der Waals surface area contributed by atoms with Crippen LogP contribution in [0.15, 0.2) is 23.1 Å². The Morgan fingerprint density at radius 2 is 1.70 bits per heavy atom. The highest BCUT2D eigenvalue weighted by atomic mass is 32.2. The van der Waals surface area contributed by atoms with Gasteiger partial charge in [0.05, 0.1) is 18.1 Å². The van der Waals surface area contributed by atoms with Crippen molar-refractivity contribution in [3.63, 3.8) is 0 Å². The van der Waals surface area contributed by atoms with E-state index >= 15 is 0 Å². The first kappa shape index (κ1) is 18.1. The van der Waals surface area contributed by atoms with Crippen molar-refractivity contribution in [2.45, 2.75) is 55.9 Å². The fourth-order valence-electron chi connectivity index (χ4n) is 5.75. The second-order valence-corrected chi connectivity index (χ2v) is 10.7. The van der Waals surface area contributed by atoms with Crippen LogP contribution < -0.4 is 0 Å². The van der Waals surface area contributed by atoms with Gasteiger partial charge in [-0.25, -0.2) is 8.42 Å². The van der Waals surface area contributed by atoms with Crippen LogP contribution in [0, 0.1) is 5.41 Å². The summed E-state index contributed by atoms with van der Waals surface area (Å²) in [5, 5.41) is 0. The molecule has 2 heterocycles. The number of hydrogen-bond acceptors (Lipinski definition) is 4. The lowest BCUT2D eigenvalue weighted by Crippen LogP contribution is -2.61. The maximum atomic E-state index is 13.2. The van der Waals surface area contributed by atoms with Crippen LogP contribution in [0.1, 0.15) is 43.2 Å². The predicted octanol–water partition coefficient (Wildman–Crippen LogP) is 2.44. The molecule has 1 atom stereocenters. The van der Waals surface area contributed by atoms with Gasteiger partial charge in [0.15, 0.2) is 0 Å². The number of benzene rings is 1. The van der Waals surface area contributed by atoms with Crippen LogP contribution in [0.25, 0.3) is 0 Å². The minimum absolute atomic E-state index is 0.335. The molecule has 2 aliphatic heterocycles. The lowest BCUT2D eigenvalue weighted by Gasteiger charge is -2.58. The number of piperidine rings is 1. The third-order valence-corrected chi connectivity index (χ3v) is 9.43.